The van der Waals surface area contributed by atoms with Gasteiger partial charge in [-0.1, -0.05) is 58.5 Å². The maximum atomic E-state index is 2.60. The normalized spacial score (nSPS) is 20.3. The third-order valence-corrected chi connectivity index (χ3v) is 5.75. The van der Waals surface area contributed by atoms with Crippen molar-refractivity contribution in [1.82, 2.24) is 0 Å². The minimum Gasteiger partial charge on any atom is -0.0931 e. The predicted molar refractivity (Wildman–Crippen MR) is 72.9 cm³/mol. The van der Waals surface area contributed by atoms with Crippen LogP contribution in [0.5, 0.6) is 0 Å². The van der Waals surface area contributed by atoms with E-state index in [1.807, 2.05) is 0 Å². The van der Waals surface area contributed by atoms with Crippen LogP contribution in [0.3, 0.4) is 0 Å². The summed E-state index contributed by atoms with van der Waals surface area (Å²) in [5.74, 6) is 0.619. The first-order valence-electron chi connectivity index (χ1n) is 6.07. The molecule has 0 saturated heterocycles. The van der Waals surface area contributed by atoms with Crippen molar-refractivity contribution in [2.24, 2.45) is 11.3 Å². The fourth-order valence-electron chi connectivity index (χ4n) is 1.89. The molecule has 1 rings (SSSR count). The van der Waals surface area contributed by atoms with E-state index < -0.39 is 0 Å². The average molecular weight is 220 g/mol. The minimum absolute atomic E-state index is 0.195. The largest absolute Gasteiger partial charge is 0.0931 e. The second-order valence-corrected chi connectivity index (χ2v) is 8.40. The molecule has 0 aromatic rings. The summed E-state index contributed by atoms with van der Waals surface area (Å²) in [6.07, 6.45) is 7.11. The van der Waals surface area contributed by atoms with Gasteiger partial charge in [0.2, 0.25) is 0 Å². The SMILES string of the molecule is CC[Si](=CC1C=CC(C(C)(C)C)=C1)CC. The van der Waals surface area contributed by atoms with E-state index in [1.165, 1.54) is 17.7 Å². The summed E-state index contributed by atoms with van der Waals surface area (Å²) in [6, 6.07) is 2.73. The van der Waals surface area contributed by atoms with Crippen LogP contribution in [0.2, 0.25) is 12.1 Å². The molecule has 0 nitrogen and oxygen atoms in total. The van der Waals surface area contributed by atoms with Crippen LogP contribution in [-0.4, -0.2) is 14.1 Å². The van der Waals surface area contributed by atoms with Crippen molar-refractivity contribution in [1.29, 1.82) is 0 Å². The molecule has 1 heteroatoms. The van der Waals surface area contributed by atoms with E-state index in [9.17, 15) is 0 Å². The molecule has 1 aliphatic carbocycles. The Balaban J connectivity index is 2.76. The van der Waals surface area contributed by atoms with Gasteiger partial charge in [0.1, 0.15) is 0 Å². The third kappa shape index (κ3) is 3.56. The van der Waals surface area contributed by atoms with Gasteiger partial charge < -0.3 is 0 Å². The summed E-state index contributed by atoms with van der Waals surface area (Å²) in [5.41, 5.74) is 4.40. The van der Waals surface area contributed by atoms with Gasteiger partial charge in [-0.15, -0.1) is 0 Å². The summed E-state index contributed by atoms with van der Waals surface area (Å²) < 4.78 is 0. The molecule has 1 atom stereocenters. The molecule has 0 N–H and O–H groups in total. The standard InChI is InChI=1S/C14H24Si/c1-6-15(7-2)11-12-8-9-13(10-12)14(3,4)5/h8-12H,6-7H2,1-5H3. The lowest BCUT2D eigenvalue weighted by Crippen LogP contribution is -2.08. The van der Waals surface area contributed by atoms with Crippen molar-refractivity contribution >= 4 is 14.1 Å². The highest BCUT2D eigenvalue weighted by molar-refractivity contribution is 6.66. The Morgan fingerprint density at radius 3 is 2.27 bits per heavy atom. The van der Waals surface area contributed by atoms with Gasteiger partial charge in [0.05, 0.1) is 0 Å². The lowest BCUT2D eigenvalue weighted by atomic mass is 9.87. The second-order valence-electron chi connectivity index (χ2n) is 5.34. The van der Waals surface area contributed by atoms with Gasteiger partial charge in [-0.25, -0.2) is 0 Å². The van der Waals surface area contributed by atoms with E-state index in [0.717, 1.165) is 0 Å². The zero-order chi connectivity index (χ0) is 11.5. The van der Waals surface area contributed by atoms with Crippen molar-refractivity contribution in [2.75, 3.05) is 0 Å². The molecule has 15 heavy (non-hydrogen) atoms. The first-order valence-corrected chi connectivity index (χ1v) is 8.06. The molecule has 0 fully saturated rings. The van der Waals surface area contributed by atoms with Crippen molar-refractivity contribution in [3.63, 3.8) is 0 Å². The van der Waals surface area contributed by atoms with E-state index in [-0.39, 0.29) is 8.41 Å². The Bertz CT molecular complexity index is 294. The fraction of sp³-hybridized carbons (Fsp3) is 0.643. The number of allylic oxidation sites excluding steroid dienone is 4. The van der Waals surface area contributed by atoms with Crippen molar-refractivity contribution in [3.8, 4) is 0 Å². The number of hydrogen-bond donors (Lipinski definition) is 0. The quantitative estimate of drug-likeness (QED) is 0.629. The number of rotatable bonds is 3. The van der Waals surface area contributed by atoms with Crippen molar-refractivity contribution < 1.29 is 0 Å². The molecule has 0 radical (unpaired) electrons. The molecular weight excluding hydrogens is 196 g/mol. The Kier molecular flexibility index (Phi) is 4.27. The maximum Gasteiger partial charge on any atom is 0.00975 e. The molecule has 0 amide bonds. The molecule has 1 aliphatic rings. The van der Waals surface area contributed by atoms with E-state index in [0.29, 0.717) is 11.3 Å². The van der Waals surface area contributed by atoms with Crippen molar-refractivity contribution in [3.05, 3.63) is 23.8 Å². The Morgan fingerprint density at radius 2 is 1.87 bits per heavy atom. The zero-order valence-corrected chi connectivity index (χ0v) is 11.8. The van der Waals surface area contributed by atoms with Crippen LogP contribution >= 0.6 is 0 Å². The zero-order valence-electron chi connectivity index (χ0n) is 10.8. The summed E-state index contributed by atoms with van der Waals surface area (Å²) in [4.78, 5) is 0. The van der Waals surface area contributed by atoms with Crippen LogP contribution in [0.15, 0.2) is 23.8 Å². The molecule has 0 aromatic heterocycles. The van der Waals surface area contributed by atoms with Crippen LogP contribution in [-0.2, 0) is 0 Å². The minimum atomic E-state index is -0.195. The average Bonchev–Trinajstić information content (AvgIpc) is 2.61. The second kappa shape index (κ2) is 5.07. The fourth-order valence-corrected chi connectivity index (χ4v) is 3.62. The van der Waals surface area contributed by atoms with E-state index in [2.05, 4.69) is 58.5 Å². The Labute approximate surface area is 96.3 Å². The van der Waals surface area contributed by atoms with E-state index in [4.69, 9.17) is 0 Å². The summed E-state index contributed by atoms with van der Waals surface area (Å²) >= 11 is 0. The molecule has 0 bridgehead atoms. The molecular formula is C14H24Si. The van der Waals surface area contributed by atoms with Crippen LogP contribution in [0, 0.1) is 11.3 Å². The van der Waals surface area contributed by atoms with Gasteiger partial charge in [-0.3, -0.25) is 0 Å². The monoisotopic (exact) mass is 220 g/mol. The van der Waals surface area contributed by atoms with Gasteiger partial charge in [0.15, 0.2) is 0 Å². The highest BCUT2D eigenvalue weighted by Crippen LogP contribution is 2.31. The number of hydrogen-bond acceptors (Lipinski definition) is 0. The first kappa shape index (κ1) is 12.6. The summed E-state index contributed by atoms with van der Waals surface area (Å²) in [6.45, 7) is 11.5. The van der Waals surface area contributed by atoms with Gasteiger partial charge in [-0.2, -0.15) is 0 Å². The molecule has 84 valence electrons. The predicted octanol–water partition coefficient (Wildman–Crippen LogP) is 4.06. The van der Waals surface area contributed by atoms with E-state index >= 15 is 0 Å². The summed E-state index contributed by atoms with van der Waals surface area (Å²) in [5, 5.41) is 0. The first-order chi connectivity index (χ1) is 6.97. The third-order valence-electron chi connectivity index (χ3n) is 3.07. The molecule has 0 saturated carbocycles. The van der Waals surface area contributed by atoms with Gasteiger partial charge in [0.25, 0.3) is 0 Å². The van der Waals surface area contributed by atoms with Crippen LogP contribution < -0.4 is 0 Å². The Morgan fingerprint density at radius 1 is 1.27 bits per heavy atom. The van der Waals surface area contributed by atoms with E-state index in [1.54, 1.807) is 0 Å². The smallest absolute Gasteiger partial charge is 0.00975 e. The Hall–Kier alpha value is -0.433. The molecule has 0 spiro atoms. The maximum absolute atomic E-state index is 2.60. The molecule has 0 aliphatic heterocycles. The molecule has 0 aromatic carbocycles. The van der Waals surface area contributed by atoms with Gasteiger partial charge in [-0.05, 0) is 23.1 Å². The van der Waals surface area contributed by atoms with Gasteiger partial charge >= 0.3 is 0 Å². The lowest BCUT2D eigenvalue weighted by Gasteiger charge is -2.18. The molecule has 0 heterocycles. The lowest BCUT2D eigenvalue weighted by molar-refractivity contribution is 0.517. The van der Waals surface area contributed by atoms with Crippen LogP contribution in [0.1, 0.15) is 34.6 Å². The van der Waals surface area contributed by atoms with Gasteiger partial charge in [0, 0.05) is 14.3 Å². The van der Waals surface area contributed by atoms with Crippen molar-refractivity contribution in [2.45, 2.75) is 46.7 Å². The van der Waals surface area contributed by atoms with Crippen LogP contribution in [0.25, 0.3) is 0 Å². The molecule has 1 unspecified atom stereocenters. The highest BCUT2D eigenvalue weighted by Gasteiger charge is 2.19. The van der Waals surface area contributed by atoms with Crippen LogP contribution in [0.4, 0.5) is 0 Å². The topological polar surface area (TPSA) is 0 Å². The highest BCUT2D eigenvalue weighted by atomic mass is 28.2. The summed E-state index contributed by atoms with van der Waals surface area (Å²) in [7, 11) is -0.195.